The first-order chi connectivity index (χ1) is 8.63. The van der Waals surface area contributed by atoms with Crippen LogP contribution in [0.15, 0.2) is 4.34 Å². The molecule has 2 aliphatic rings. The average molecular weight is 283 g/mol. The van der Waals surface area contributed by atoms with Gasteiger partial charge in [-0.3, -0.25) is 14.5 Å². The number of hydrogen-bond acceptors (Lipinski definition) is 5. The summed E-state index contributed by atoms with van der Waals surface area (Å²) in [5.41, 5.74) is 0. The van der Waals surface area contributed by atoms with Crippen LogP contribution >= 0.6 is 23.1 Å². The van der Waals surface area contributed by atoms with E-state index in [1.54, 1.807) is 16.8 Å². The Morgan fingerprint density at radius 2 is 2.22 bits per heavy atom. The highest BCUT2D eigenvalue weighted by atomic mass is 32.2. The van der Waals surface area contributed by atoms with Gasteiger partial charge in [-0.1, -0.05) is 11.8 Å². The quantitative estimate of drug-likeness (QED) is 0.732. The fourth-order valence-corrected chi connectivity index (χ4v) is 4.02. The summed E-state index contributed by atoms with van der Waals surface area (Å²) >= 11 is 2.88. The number of carbonyl (C=O) groups is 2. The molecule has 1 aromatic rings. The van der Waals surface area contributed by atoms with Crippen molar-refractivity contribution in [3.8, 4) is 0 Å². The minimum atomic E-state index is -0.290. The van der Waals surface area contributed by atoms with E-state index in [1.807, 2.05) is 6.26 Å². The van der Waals surface area contributed by atoms with Crippen molar-refractivity contribution in [1.82, 2.24) is 9.88 Å². The van der Waals surface area contributed by atoms with Crippen molar-refractivity contribution in [2.24, 2.45) is 0 Å². The molecule has 1 aromatic heterocycles. The molecular weight excluding hydrogens is 270 g/mol. The predicted octanol–water partition coefficient (Wildman–Crippen LogP) is 1.45. The first-order valence-corrected chi connectivity index (χ1v) is 7.81. The van der Waals surface area contributed by atoms with Gasteiger partial charge in [0, 0.05) is 13.6 Å². The molecule has 0 N–H and O–H groups in total. The fraction of sp³-hybridized carbons (Fsp3) is 0.545. The molecule has 3 rings (SSSR count). The lowest BCUT2D eigenvalue weighted by atomic mass is 10.2. The molecule has 18 heavy (non-hydrogen) atoms. The van der Waals surface area contributed by atoms with Crippen molar-refractivity contribution < 1.29 is 9.59 Å². The number of rotatable bonds is 1. The number of hydrogen-bond donors (Lipinski definition) is 0. The van der Waals surface area contributed by atoms with Crippen LogP contribution < -0.4 is 4.90 Å². The number of amides is 2. The first kappa shape index (κ1) is 12.0. The maximum atomic E-state index is 12.4. The Hall–Kier alpha value is -1.08. The third kappa shape index (κ3) is 1.57. The highest BCUT2D eigenvalue weighted by molar-refractivity contribution is 8.00. The van der Waals surface area contributed by atoms with Gasteiger partial charge < -0.3 is 4.90 Å². The normalized spacial score (nSPS) is 23.1. The molecule has 96 valence electrons. The lowest BCUT2D eigenvalue weighted by Crippen LogP contribution is -2.43. The topological polar surface area (TPSA) is 53.5 Å². The van der Waals surface area contributed by atoms with Gasteiger partial charge in [0.1, 0.15) is 10.9 Å². The number of carbonyl (C=O) groups excluding carboxylic acids is 2. The Bertz CT molecular complexity index is 528. The van der Waals surface area contributed by atoms with Gasteiger partial charge in [0.25, 0.3) is 11.8 Å². The summed E-state index contributed by atoms with van der Waals surface area (Å²) < 4.78 is 0.825. The van der Waals surface area contributed by atoms with Crippen LogP contribution in [-0.2, 0) is 4.79 Å². The van der Waals surface area contributed by atoms with Crippen LogP contribution in [0.3, 0.4) is 0 Å². The van der Waals surface area contributed by atoms with E-state index in [-0.39, 0.29) is 17.9 Å². The van der Waals surface area contributed by atoms with E-state index < -0.39 is 0 Å². The second kappa shape index (κ2) is 4.24. The van der Waals surface area contributed by atoms with Gasteiger partial charge >= 0.3 is 0 Å². The lowest BCUT2D eigenvalue weighted by Gasteiger charge is -2.22. The number of likely N-dealkylation sites (N-methyl/N-ethyl adjacent to an activating group) is 1. The van der Waals surface area contributed by atoms with Crippen LogP contribution in [-0.4, -0.2) is 47.6 Å². The summed E-state index contributed by atoms with van der Waals surface area (Å²) in [6.45, 7) is 0.676. The third-order valence-electron chi connectivity index (χ3n) is 3.41. The Labute approximate surface area is 113 Å². The second-order valence-corrected chi connectivity index (χ2v) is 6.44. The van der Waals surface area contributed by atoms with E-state index in [1.165, 1.54) is 23.1 Å². The SMILES string of the molecule is CSc1nc2c(s1)C(=O)N1CCC[C@H]1C(=O)N2C. The zero-order valence-corrected chi connectivity index (χ0v) is 11.8. The second-order valence-electron chi connectivity index (χ2n) is 4.39. The number of anilines is 1. The van der Waals surface area contributed by atoms with Crippen LogP contribution in [0.4, 0.5) is 5.82 Å². The van der Waals surface area contributed by atoms with Gasteiger partial charge in [-0.15, -0.1) is 11.3 Å². The van der Waals surface area contributed by atoms with Crippen LogP contribution in [0, 0.1) is 0 Å². The molecule has 0 unspecified atom stereocenters. The van der Waals surface area contributed by atoms with E-state index in [0.29, 0.717) is 17.2 Å². The molecular formula is C11H13N3O2S2. The Kier molecular flexibility index (Phi) is 2.82. The van der Waals surface area contributed by atoms with Crippen molar-refractivity contribution in [3.05, 3.63) is 4.88 Å². The maximum Gasteiger partial charge on any atom is 0.268 e. The Balaban J connectivity index is 2.12. The number of thioether (sulfide) groups is 1. The van der Waals surface area contributed by atoms with E-state index >= 15 is 0 Å². The molecule has 1 atom stereocenters. The third-order valence-corrected chi connectivity index (χ3v) is 5.42. The number of nitrogens with zero attached hydrogens (tertiary/aromatic N) is 3. The van der Waals surface area contributed by atoms with E-state index in [2.05, 4.69) is 4.98 Å². The van der Waals surface area contributed by atoms with E-state index in [0.717, 1.165) is 17.2 Å². The van der Waals surface area contributed by atoms with Crippen LogP contribution in [0.2, 0.25) is 0 Å². The molecule has 1 fully saturated rings. The molecule has 2 amide bonds. The van der Waals surface area contributed by atoms with Crippen molar-refractivity contribution in [2.75, 3.05) is 24.7 Å². The zero-order valence-electron chi connectivity index (χ0n) is 10.2. The molecule has 0 aliphatic carbocycles. The van der Waals surface area contributed by atoms with Crippen LogP contribution in [0.5, 0.6) is 0 Å². The molecule has 0 spiro atoms. The number of fused-ring (bicyclic) bond motifs is 2. The maximum absolute atomic E-state index is 12.4. The minimum absolute atomic E-state index is 0.0162. The van der Waals surface area contributed by atoms with Crippen molar-refractivity contribution in [2.45, 2.75) is 23.2 Å². The van der Waals surface area contributed by atoms with Crippen molar-refractivity contribution >= 4 is 40.7 Å². The predicted molar refractivity (Wildman–Crippen MR) is 71.4 cm³/mol. The van der Waals surface area contributed by atoms with E-state index in [4.69, 9.17) is 0 Å². The number of thiazole rings is 1. The molecule has 1 saturated heterocycles. The van der Waals surface area contributed by atoms with Crippen molar-refractivity contribution in [1.29, 1.82) is 0 Å². The van der Waals surface area contributed by atoms with Gasteiger partial charge in [-0.25, -0.2) is 4.98 Å². The molecule has 0 aromatic carbocycles. The molecule has 0 saturated carbocycles. The summed E-state index contributed by atoms with van der Waals surface area (Å²) in [6, 6.07) is -0.290. The molecule has 2 aliphatic heterocycles. The largest absolute Gasteiger partial charge is 0.326 e. The van der Waals surface area contributed by atoms with E-state index in [9.17, 15) is 9.59 Å². The fourth-order valence-electron chi connectivity index (χ4n) is 2.47. The van der Waals surface area contributed by atoms with Crippen molar-refractivity contribution in [3.63, 3.8) is 0 Å². The average Bonchev–Trinajstić information content (AvgIpc) is 3.00. The molecule has 0 radical (unpaired) electrons. The summed E-state index contributed by atoms with van der Waals surface area (Å²) in [7, 11) is 1.71. The zero-order chi connectivity index (χ0) is 12.9. The van der Waals surface area contributed by atoms with Gasteiger partial charge in [-0.05, 0) is 19.1 Å². The van der Waals surface area contributed by atoms with Gasteiger partial charge in [0.15, 0.2) is 10.2 Å². The van der Waals surface area contributed by atoms with Crippen LogP contribution in [0.25, 0.3) is 0 Å². The van der Waals surface area contributed by atoms with Gasteiger partial charge in [0.05, 0.1) is 0 Å². The Morgan fingerprint density at radius 3 is 2.94 bits per heavy atom. The summed E-state index contributed by atoms with van der Waals surface area (Å²) in [5.74, 6) is 0.467. The summed E-state index contributed by atoms with van der Waals surface area (Å²) in [6.07, 6.45) is 3.59. The monoisotopic (exact) mass is 283 g/mol. The smallest absolute Gasteiger partial charge is 0.268 e. The highest BCUT2D eigenvalue weighted by Gasteiger charge is 2.42. The molecule has 3 heterocycles. The number of aromatic nitrogens is 1. The van der Waals surface area contributed by atoms with Gasteiger partial charge in [-0.2, -0.15) is 0 Å². The Morgan fingerprint density at radius 1 is 1.44 bits per heavy atom. The standard InChI is InChI=1S/C11H13N3O2S2/c1-13-8-7(18-11(12-8)17-2)10(16)14-5-3-4-6(14)9(13)15/h6H,3-5H2,1-2H3/t6-/m0/s1. The minimum Gasteiger partial charge on any atom is -0.326 e. The summed E-state index contributed by atoms with van der Waals surface area (Å²) in [4.78, 5) is 33.0. The van der Waals surface area contributed by atoms with Gasteiger partial charge in [0.2, 0.25) is 0 Å². The lowest BCUT2D eigenvalue weighted by molar-refractivity contribution is -0.121. The molecule has 5 nitrogen and oxygen atoms in total. The molecule has 7 heteroatoms. The first-order valence-electron chi connectivity index (χ1n) is 5.77. The summed E-state index contributed by atoms with van der Waals surface area (Å²) in [5, 5.41) is 0. The van der Waals surface area contributed by atoms with Crippen LogP contribution in [0.1, 0.15) is 22.5 Å². The molecule has 0 bridgehead atoms. The highest BCUT2D eigenvalue weighted by Crippen LogP contribution is 2.37.